The van der Waals surface area contributed by atoms with Crippen molar-refractivity contribution >= 4 is 28.3 Å². The highest BCUT2D eigenvalue weighted by Gasteiger charge is 2.34. The van der Waals surface area contributed by atoms with Crippen molar-refractivity contribution in [2.45, 2.75) is 25.9 Å². The van der Waals surface area contributed by atoms with Gasteiger partial charge in [0.1, 0.15) is 11.5 Å². The van der Waals surface area contributed by atoms with Gasteiger partial charge < -0.3 is 15.1 Å². The Morgan fingerprint density at radius 2 is 1.58 bits per heavy atom. The average Bonchev–Trinajstić information content (AvgIpc) is 2.88. The number of carbonyl (C=O) groups is 1. The van der Waals surface area contributed by atoms with Gasteiger partial charge in [0.25, 0.3) is 0 Å². The molecule has 0 radical (unpaired) electrons. The molecule has 2 amide bonds. The fourth-order valence-corrected chi connectivity index (χ4v) is 4.86. The number of urea groups is 1. The zero-order valence-corrected chi connectivity index (χ0v) is 20.0. The summed E-state index contributed by atoms with van der Waals surface area (Å²) in [6.45, 7) is 5.23. The van der Waals surface area contributed by atoms with Gasteiger partial charge in [0, 0.05) is 47.2 Å². The Balaban J connectivity index is 1.39. The Bertz CT molecular complexity index is 1440. The lowest BCUT2D eigenvalue weighted by Crippen LogP contribution is -2.60. The Morgan fingerprint density at radius 1 is 0.944 bits per heavy atom. The van der Waals surface area contributed by atoms with Crippen LogP contribution in [-0.2, 0) is 0 Å². The van der Waals surface area contributed by atoms with Crippen molar-refractivity contribution in [2.24, 2.45) is 0 Å². The monoisotopic (exact) mass is 480 g/mol. The molecule has 8 heteroatoms. The molecule has 0 aliphatic carbocycles. The van der Waals surface area contributed by atoms with Crippen molar-refractivity contribution in [3.8, 4) is 17.3 Å². The number of fused-ring (bicyclic) bond motifs is 1. The number of nitrogens with one attached hydrogen (secondary N) is 1. The number of halogens is 1. The van der Waals surface area contributed by atoms with Crippen LogP contribution >= 0.6 is 0 Å². The van der Waals surface area contributed by atoms with Crippen LogP contribution in [0.15, 0.2) is 72.8 Å². The van der Waals surface area contributed by atoms with Gasteiger partial charge in [-0.05, 0) is 62.4 Å². The smallest absolute Gasteiger partial charge is 0.322 e. The minimum Gasteiger partial charge on any atom is -0.351 e. The quantitative estimate of drug-likeness (QED) is 0.422. The summed E-state index contributed by atoms with van der Waals surface area (Å²) in [6.07, 6.45) is 0. The van der Waals surface area contributed by atoms with Gasteiger partial charge in [-0.1, -0.05) is 24.3 Å². The van der Waals surface area contributed by atoms with Gasteiger partial charge in [-0.3, -0.25) is 0 Å². The first-order valence-corrected chi connectivity index (χ1v) is 11.8. The second kappa shape index (κ2) is 9.62. The van der Waals surface area contributed by atoms with Crippen LogP contribution in [0.2, 0.25) is 0 Å². The molecule has 180 valence electrons. The van der Waals surface area contributed by atoms with E-state index >= 15 is 0 Å². The molecule has 2 atom stereocenters. The van der Waals surface area contributed by atoms with E-state index in [9.17, 15) is 9.18 Å². The molecule has 1 N–H and O–H groups in total. The molecule has 3 aromatic carbocycles. The van der Waals surface area contributed by atoms with E-state index in [1.165, 1.54) is 12.1 Å². The maximum absolute atomic E-state index is 13.5. The van der Waals surface area contributed by atoms with Crippen LogP contribution in [0.25, 0.3) is 22.0 Å². The number of hydrogen-bond donors (Lipinski definition) is 1. The summed E-state index contributed by atoms with van der Waals surface area (Å²) in [4.78, 5) is 17.1. The van der Waals surface area contributed by atoms with Gasteiger partial charge in [-0.15, -0.1) is 10.2 Å². The predicted molar refractivity (Wildman–Crippen MR) is 138 cm³/mol. The standard InChI is InChI=1S/C28H25FN6O/c1-18-16-34(17-19(2)35(18)28(36)31-23-13-7-20(15-30)8-14-23)27-25-6-4-3-5-24(25)26(32-33-27)21-9-11-22(29)12-10-21/h3-14,18-19H,16-17H2,1-2H3,(H,31,36)/t18-,19+. The highest BCUT2D eigenvalue weighted by atomic mass is 19.1. The largest absolute Gasteiger partial charge is 0.351 e. The number of nitrogens with zero attached hydrogens (tertiary/aromatic N) is 5. The predicted octanol–water partition coefficient (Wildman–Crippen LogP) is 5.44. The first-order chi connectivity index (χ1) is 17.4. The molecule has 2 heterocycles. The second-order valence-corrected chi connectivity index (χ2v) is 9.05. The summed E-state index contributed by atoms with van der Waals surface area (Å²) in [7, 11) is 0. The summed E-state index contributed by atoms with van der Waals surface area (Å²) in [5.74, 6) is 0.471. The highest BCUT2D eigenvalue weighted by molar-refractivity contribution is 6.00. The number of anilines is 2. The number of benzene rings is 3. The average molecular weight is 481 g/mol. The van der Waals surface area contributed by atoms with Gasteiger partial charge in [-0.2, -0.15) is 5.26 Å². The van der Waals surface area contributed by atoms with E-state index in [1.54, 1.807) is 36.4 Å². The Kier molecular flexibility index (Phi) is 6.21. The van der Waals surface area contributed by atoms with Crippen molar-refractivity contribution in [3.05, 3.63) is 84.2 Å². The van der Waals surface area contributed by atoms with Gasteiger partial charge in [-0.25, -0.2) is 9.18 Å². The number of rotatable bonds is 3. The lowest BCUT2D eigenvalue weighted by molar-refractivity contribution is 0.153. The molecule has 0 bridgehead atoms. The topological polar surface area (TPSA) is 85.2 Å². The molecule has 5 rings (SSSR count). The third-order valence-corrected chi connectivity index (χ3v) is 6.50. The first-order valence-electron chi connectivity index (χ1n) is 11.8. The number of amides is 2. The first kappa shape index (κ1) is 23.2. The Labute approximate surface area is 208 Å². The van der Waals surface area contributed by atoms with Crippen LogP contribution in [-0.4, -0.2) is 46.3 Å². The van der Waals surface area contributed by atoms with Crippen molar-refractivity contribution < 1.29 is 9.18 Å². The fraction of sp³-hybridized carbons (Fsp3) is 0.214. The third kappa shape index (κ3) is 4.43. The zero-order chi connectivity index (χ0) is 25.2. The van der Waals surface area contributed by atoms with Crippen LogP contribution in [0.4, 0.5) is 20.7 Å². The highest BCUT2D eigenvalue weighted by Crippen LogP contribution is 2.33. The molecule has 0 unspecified atom stereocenters. The summed E-state index contributed by atoms with van der Waals surface area (Å²) < 4.78 is 13.5. The summed E-state index contributed by atoms with van der Waals surface area (Å²) in [5, 5.41) is 22.9. The SMILES string of the molecule is C[C@@H]1CN(c2nnc(-c3ccc(F)cc3)c3ccccc23)C[C@H](C)N1C(=O)Nc1ccc(C#N)cc1. The third-order valence-electron chi connectivity index (χ3n) is 6.50. The maximum Gasteiger partial charge on any atom is 0.322 e. The molecule has 1 fully saturated rings. The van der Waals surface area contributed by atoms with E-state index in [2.05, 4.69) is 26.5 Å². The van der Waals surface area contributed by atoms with E-state index in [-0.39, 0.29) is 23.9 Å². The molecule has 1 aromatic heterocycles. The van der Waals surface area contributed by atoms with Crippen LogP contribution in [0.1, 0.15) is 19.4 Å². The number of hydrogen-bond acceptors (Lipinski definition) is 5. The number of piperazine rings is 1. The molecular weight excluding hydrogens is 455 g/mol. The molecule has 0 saturated carbocycles. The lowest BCUT2D eigenvalue weighted by atomic mass is 10.0. The van der Waals surface area contributed by atoms with Gasteiger partial charge in [0.05, 0.1) is 11.6 Å². The van der Waals surface area contributed by atoms with E-state index in [1.807, 2.05) is 43.0 Å². The van der Waals surface area contributed by atoms with Crippen molar-refractivity contribution in [2.75, 3.05) is 23.3 Å². The Hall–Kier alpha value is -4.51. The molecule has 1 saturated heterocycles. The molecule has 0 spiro atoms. The molecular formula is C28H25FN6O. The number of carbonyl (C=O) groups excluding carboxylic acids is 1. The van der Waals surface area contributed by atoms with E-state index < -0.39 is 0 Å². The lowest BCUT2D eigenvalue weighted by Gasteiger charge is -2.44. The molecule has 4 aromatic rings. The van der Waals surface area contributed by atoms with Gasteiger partial charge >= 0.3 is 6.03 Å². The fourth-order valence-electron chi connectivity index (χ4n) is 4.86. The van der Waals surface area contributed by atoms with Crippen LogP contribution in [0.3, 0.4) is 0 Å². The van der Waals surface area contributed by atoms with E-state index in [0.29, 0.717) is 30.0 Å². The second-order valence-electron chi connectivity index (χ2n) is 9.05. The molecule has 36 heavy (non-hydrogen) atoms. The maximum atomic E-state index is 13.5. The van der Waals surface area contributed by atoms with E-state index in [4.69, 9.17) is 5.26 Å². The van der Waals surface area contributed by atoms with Crippen molar-refractivity contribution in [1.82, 2.24) is 15.1 Å². The molecule has 1 aliphatic heterocycles. The minimum absolute atomic E-state index is 0.0792. The van der Waals surface area contributed by atoms with Gasteiger partial charge in [0.15, 0.2) is 5.82 Å². The van der Waals surface area contributed by atoms with Crippen molar-refractivity contribution in [1.29, 1.82) is 5.26 Å². The van der Waals surface area contributed by atoms with Crippen LogP contribution < -0.4 is 10.2 Å². The number of nitriles is 1. The summed E-state index contributed by atoms with van der Waals surface area (Å²) >= 11 is 0. The normalized spacial score (nSPS) is 17.6. The van der Waals surface area contributed by atoms with Crippen LogP contribution in [0, 0.1) is 17.1 Å². The van der Waals surface area contributed by atoms with E-state index in [0.717, 1.165) is 22.2 Å². The molecule has 7 nitrogen and oxygen atoms in total. The molecule has 1 aliphatic rings. The summed E-state index contributed by atoms with van der Waals surface area (Å²) in [6, 6.07) is 22.8. The van der Waals surface area contributed by atoms with Crippen LogP contribution in [0.5, 0.6) is 0 Å². The number of aromatic nitrogens is 2. The Morgan fingerprint density at radius 3 is 2.22 bits per heavy atom. The zero-order valence-electron chi connectivity index (χ0n) is 20.0. The van der Waals surface area contributed by atoms with Crippen molar-refractivity contribution in [3.63, 3.8) is 0 Å². The minimum atomic E-state index is -0.295. The summed E-state index contributed by atoms with van der Waals surface area (Å²) in [5.41, 5.74) is 2.70. The van der Waals surface area contributed by atoms with Gasteiger partial charge in [0.2, 0.25) is 0 Å².